The second-order valence-electron chi connectivity index (χ2n) is 8.84. The maximum atomic E-state index is 14.3. The smallest absolute Gasteiger partial charge is 0.287 e. The standard InChI is InChI=1S/C23H25F2N5O3/c1-12(31)27-20-10-18-17(11-26-20)22(13-4-5-13)29-30(18)21-9-16(8-19(28-21)23(2,24)25)33-15-6-14(7-15)32-3/h8-11,13-15H,4-7H2,1-3H3,(H,26,27,31). The van der Waals surface area contributed by atoms with E-state index in [1.54, 1.807) is 25.4 Å². The molecule has 0 unspecified atom stereocenters. The summed E-state index contributed by atoms with van der Waals surface area (Å²) in [5, 5.41) is 8.20. The van der Waals surface area contributed by atoms with Crippen LogP contribution in [0.1, 0.15) is 56.8 Å². The van der Waals surface area contributed by atoms with Gasteiger partial charge in [-0.3, -0.25) is 4.79 Å². The van der Waals surface area contributed by atoms with Gasteiger partial charge in [-0.25, -0.2) is 14.6 Å². The maximum absolute atomic E-state index is 14.3. The van der Waals surface area contributed by atoms with Gasteiger partial charge in [-0.15, -0.1) is 0 Å². The molecule has 3 aromatic heterocycles. The summed E-state index contributed by atoms with van der Waals surface area (Å²) in [5.41, 5.74) is 1.09. The number of anilines is 1. The fourth-order valence-electron chi connectivity index (χ4n) is 4.01. The highest BCUT2D eigenvalue weighted by Gasteiger charge is 2.34. The summed E-state index contributed by atoms with van der Waals surface area (Å²) < 4.78 is 41.4. The Morgan fingerprint density at radius 2 is 1.97 bits per heavy atom. The minimum absolute atomic E-state index is 0.101. The molecule has 33 heavy (non-hydrogen) atoms. The molecule has 0 saturated heterocycles. The molecule has 0 aliphatic heterocycles. The second-order valence-corrected chi connectivity index (χ2v) is 8.84. The first-order valence-corrected chi connectivity index (χ1v) is 11.0. The fraction of sp³-hybridized carbons (Fsp3) is 0.478. The Morgan fingerprint density at radius 1 is 1.21 bits per heavy atom. The summed E-state index contributed by atoms with van der Waals surface area (Å²) in [6.45, 7) is 2.20. The van der Waals surface area contributed by atoms with Crippen molar-refractivity contribution >= 4 is 22.6 Å². The number of rotatable bonds is 7. The maximum Gasteiger partial charge on any atom is 0.287 e. The van der Waals surface area contributed by atoms with E-state index in [4.69, 9.17) is 14.6 Å². The van der Waals surface area contributed by atoms with Crippen LogP contribution in [0.5, 0.6) is 5.75 Å². The predicted octanol–water partition coefficient (Wildman–Crippen LogP) is 4.32. The monoisotopic (exact) mass is 457 g/mol. The average Bonchev–Trinajstić information content (AvgIpc) is 3.49. The third-order valence-corrected chi connectivity index (χ3v) is 6.00. The van der Waals surface area contributed by atoms with Gasteiger partial charge >= 0.3 is 0 Å². The highest BCUT2D eigenvalue weighted by molar-refractivity contribution is 5.91. The van der Waals surface area contributed by atoms with E-state index in [1.807, 2.05) is 0 Å². The molecule has 2 aliphatic carbocycles. The Bertz CT molecular complexity index is 1210. The highest BCUT2D eigenvalue weighted by Crippen LogP contribution is 2.43. The first-order valence-electron chi connectivity index (χ1n) is 11.0. The van der Waals surface area contributed by atoms with Crippen LogP contribution in [0.2, 0.25) is 0 Å². The number of hydrogen-bond acceptors (Lipinski definition) is 6. The van der Waals surface area contributed by atoms with Crippen molar-refractivity contribution in [3.8, 4) is 11.6 Å². The summed E-state index contributed by atoms with van der Waals surface area (Å²) in [6, 6.07) is 4.59. The molecule has 0 atom stereocenters. The molecule has 1 N–H and O–H groups in total. The van der Waals surface area contributed by atoms with Crippen LogP contribution in [0.3, 0.4) is 0 Å². The van der Waals surface area contributed by atoms with E-state index >= 15 is 0 Å². The number of ether oxygens (including phenoxy) is 2. The SMILES string of the molecule is COC1CC(Oc2cc(-n3nc(C4CC4)c4cnc(NC(C)=O)cc43)nc(C(C)(F)F)c2)C1. The molecule has 3 heterocycles. The highest BCUT2D eigenvalue weighted by atomic mass is 19.3. The zero-order chi connectivity index (χ0) is 23.3. The molecule has 2 fully saturated rings. The molecule has 174 valence electrons. The number of carbonyl (C=O) groups excluding carboxylic acids is 1. The molecule has 2 saturated carbocycles. The van der Waals surface area contributed by atoms with Crippen molar-refractivity contribution in [2.24, 2.45) is 0 Å². The molecule has 5 rings (SSSR count). The van der Waals surface area contributed by atoms with E-state index in [-0.39, 0.29) is 23.9 Å². The largest absolute Gasteiger partial charge is 0.490 e. The lowest BCUT2D eigenvalue weighted by Crippen LogP contribution is -2.38. The zero-order valence-electron chi connectivity index (χ0n) is 18.6. The molecule has 1 amide bonds. The third-order valence-electron chi connectivity index (χ3n) is 6.00. The lowest BCUT2D eigenvalue weighted by molar-refractivity contribution is -0.114. The summed E-state index contributed by atoms with van der Waals surface area (Å²) in [5.74, 6) is -2.23. The van der Waals surface area contributed by atoms with Gasteiger partial charge in [-0.05, 0) is 12.8 Å². The molecule has 10 heteroatoms. The van der Waals surface area contributed by atoms with Crippen LogP contribution in [-0.2, 0) is 15.5 Å². The van der Waals surface area contributed by atoms with Crippen molar-refractivity contribution in [3.05, 3.63) is 35.8 Å². The van der Waals surface area contributed by atoms with Crippen LogP contribution in [0.4, 0.5) is 14.6 Å². The van der Waals surface area contributed by atoms with Crippen molar-refractivity contribution in [2.45, 2.75) is 63.6 Å². The summed E-state index contributed by atoms with van der Waals surface area (Å²) in [6.07, 6.45) is 5.11. The average molecular weight is 457 g/mol. The van der Waals surface area contributed by atoms with E-state index in [1.165, 1.54) is 17.7 Å². The number of nitrogens with zero attached hydrogens (tertiary/aromatic N) is 4. The quantitative estimate of drug-likeness (QED) is 0.568. The lowest BCUT2D eigenvalue weighted by Gasteiger charge is -2.34. The number of pyridine rings is 2. The Morgan fingerprint density at radius 3 is 2.61 bits per heavy atom. The Labute approximate surface area is 189 Å². The van der Waals surface area contributed by atoms with E-state index < -0.39 is 11.6 Å². The topological polar surface area (TPSA) is 91.2 Å². The van der Waals surface area contributed by atoms with Crippen molar-refractivity contribution in [2.75, 3.05) is 12.4 Å². The number of alkyl halides is 2. The Hall–Kier alpha value is -3.14. The van der Waals surface area contributed by atoms with Gasteiger partial charge in [0.25, 0.3) is 5.92 Å². The minimum atomic E-state index is -3.16. The van der Waals surface area contributed by atoms with Crippen molar-refractivity contribution < 1.29 is 23.0 Å². The number of amides is 1. The molecule has 0 bridgehead atoms. The molecule has 3 aromatic rings. The van der Waals surface area contributed by atoms with Crippen LogP contribution in [0.15, 0.2) is 24.4 Å². The Balaban J connectivity index is 1.60. The minimum Gasteiger partial charge on any atom is -0.490 e. The number of hydrogen-bond donors (Lipinski definition) is 1. The number of nitrogens with one attached hydrogen (secondary N) is 1. The summed E-state index contributed by atoms with van der Waals surface area (Å²) in [7, 11) is 1.64. The second kappa shape index (κ2) is 8.02. The lowest BCUT2D eigenvalue weighted by atomic mass is 9.92. The van der Waals surface area contributed by atoms with Gasteiger partial charge in [0.15, 0.2) is 5.82 Å². The van der Waals surface area contributed by atoms with Crippen LogP contribution >= 0.6 is 0 Å². The van der Waals surface area contributed by atoms with Gasteiger partial charge in [0.05, 0.1) is 17.3 Å². The first-order chi connectivity index (χ1) is 15.7. The molecule has 2 aliphatic rings. The molecular formula is C23H25F2N5O3. The fourth-order valence-corrected chi connectivity index (χ4v) is 4.01. The van der Waals surface area contributed by atoms with Crippen molar-refractivity contribution in [1.82, 2.24) is 19.7 Å². The summed E-state index contributed by atoms with van der Waals surface area (Å²) >= 11 is 0. The van der Waals surface area contributed by atoms with Gasteiger partial charge in [-0.1, -0.05) is 0 Å². The molecule has 0 spiro atoms. The van der Waals surface area contributed by atoms with Gasteiger partial charge in [-0.2, -0.15) is 13.9 Å². The third kappa shape index (κ3) is 4.39. The van der Waals surface area contributed by atoms with E-state index in [0.717, 1.165) is 30.8 Å². The number of fused-ring (bicyclic) bond motifs is 1. The summed E-state index contributed by atoms with van der Waals surface area (Å²) in [4.78, 5) is 20.1. The van der Waals surface area contributed by atoms with E-state index in [9.17, 15) is 13.6 Å². The molecular weight excluding hydrogens is 432 g/mol. The van der Waals surface area contributed by atoms with Gasteiger partial charge in [0.1, 0.15) is 23.4 Å². The van der Waals surface area contributed by atoms with Crippen LogP contribution in [0, 0.1) is 0 Å². The predicted molar refractivity (Wildman–Crippen MR) is 117 cm³/mol. The van der Waals surface area contributed by atoms with Gasteiger partial charge < -0.3 is 14.8 Å². The molecule has 0 radical (unpaired) electrons. The van der Waals surface area contributed by atoms with Crippen molar-refractivity contribution in [3.63, 3.8) is 0 Å². The molecule has 8 nitrogen and oxygen atoms in total. The van der Waals surface area contributed by atoms with Crippen LogP contribution < -0.4 is 10.1 Å². The van der Waals surface area contributed by atoms with Crippen LogP contribution in [0.25, 0.3) is 16.7 Å². The number of halogens is 2. The number of carbonyl (C=O) groups is 1. The van der Waals surface area contributed by atoms with Crippen LogP contribution in [-0.4, -0.2) is 45.0 Å². The Kier molecular flexibility index (Phi) is 5.27. The number of methoxy groups -OCH3 is 1. The number of aromatic nitrogens is 4. The zero-order valence-corrected chi connectivity index (χ0v) is 18.6. The molecule has 0 aromatic carbocycles. The van der Waals surface area contributed by atoms with E-state index in [0.29, 0.717) is 35.8 Å². The normalized spacial score (nSPS) is 20.5. The van der Waals surface area contributed by atoms with Crippen molar-refractivity contribution in [1.29, 1.82) is 0 Å². The van der Waals surface area contributed by atoms with E-state index in [2.05, 4.69) is 15.3 Å². The van der Waals surface area contributed by atoms with Gasteiger partial charge in [0.2, 0.25) is 5.91 Å². The van der Waals surface area contributed by atoms with Gasteiger partial charge in [0, 0.05) is 69.5 Å². The first kappa shape index (κ1) is 21.7.